The van der Waals surface area contributed by atoms with Gasteiger partial charge in [0.2, 0.25) is 0 Å². The third kappa shape index (κ3) is 3.53. The molecule has 0 amide bonds. The molecule has 128 valence electrons. The molecular formula is C22H23NO2. The molecule has 25 heavy (non-hydrogen) atoms. The van der Waals surface area contributed by atoms with Gasteiger partial charge in [0.25, 0.3) is 0 Å². The highest BCUT2D eigenvalue weighted by atomic mass is 16.5. The van der Waals surface area contributed by atoms with E-state index >= 15 is 0 Å². The Morgan fingerprint density at radius 2 is 2.00 bits per heavy atom. The molecule has 3 nitrogen and oxygen atoms in total. The van der Waals surface area contributed by atoms with Gasteiger partial charge in [0.05, 0.1) is 12.8 Å². The maximum atomic E-state index is 10.7. The summed E-state index contributed by atoms with van der Waals surface area (Å²) in [6.07, 6.45) is 1.02. The summed E-state index contributed by atoms with van der Waals surface area (Å²) < 4.78 is 7.40. The number of benzene rings is 2. The predicted octanol–water partition coefficient (Wildman–Crippen LogP) is 4.96. The molecule has 0 aliphatic carbocycles. The number of aryl methyl sites for hydroxylation is 1. The van der Waals surface area contributed by atoms with Crippen molar-refractivity contribution in [3.05, 3.63) is 77.7 Å². The van der Waals surface area contributed by atoms with Gasteiger partial charge in [-0.1, -0.05) is 30.3 Å². The van der Waals surface area contributed by atoms with Gasteiger partial charge in [-0.25, -0.2) is 0 Å². The van der Waals surface area contributed by atoms with Crippen LogP contribution in [0.15, 0.2) is 66.4 Å². The first-order chi connectivity index (χ1) is 12.1. The summed E-state index contributed by atoms with van der Waals surface area (Å²) >= 11 is 0. The van der Waals surface area contributed by atoms with Crippen LogP contribution in [-0.2, 0) is 6.54 Å². The third-order valence-electron chi connectivity index (χ3n) is 4.42. The van der Waals surface area contributed by atoms with Crippen LogP contribution in [0.2, 0.25) is 0 Å². The number of aromatic nitrogens is 1. The molecule has 0 bridgehead atoms. The Kier molecular flexibility index (Phi) is 5.08. The summed E-state index contributed by atoms with van der Waals surface area (Å²) in [5.74, 6) is 0.810. The van der Waals surface area contributed by atoms with Crippen molar-refractivity contribution in [1.29, 1.82) is 0 Å². The van der Waals surface area contributed by atoms with Crippen LogP contribution >= 0.6 is 0 Å². The molecule has 0 radical (unpaired) electrons. The number of nitrogens with zero attached hydrogens (tertiary/aromatic N) is 1. The summed E-state index contributed by atoms with van der Waals surface area (Å²) in [6.45, 7) is 4.88. The van der Waals surface area contributed by atoms with E-state index in [4.69, 9.17) is 4.74 Å². The van der Waals surface area contributed by atoms with E-state index in [1.54, 1.807) is 13.2 Å². The molecule has 3 aromatic rings. The SMILES string of the molecule is CCn1c(C(O)C=C=C(C)c2cccc(OC)c2)cc2ccccc21. The van der Waals surface area contributed by atoms with Crippen molar-refractivity contribution in [3.8, 4) is 5.75 Å². The number of aliphatic hydroxyl groups excluding tert-OH is 1. The number of para-hydroxylation sites is 1. The highest BCUT2D eigenvalue weighted by molar-refractivity contribution is 5.81. The molecule has 3 heteroatoms. The molecule has 2 aromatic carbocycles. The largest absolute Gasteiger partial charge is 0.497 e. The lowest BCUT2D eigenvalue weighted by Gasteiger charge is -2.10. The van der Waals surface area contributed by atoms with E-state index in [1.807, 2.05) is 49.4 Å². The van der Waals surface area contributed by atoms with Gasteiger partial charge in [-0.2, -0.15) is 0 Å². The number of hydrogen-bond acceptors (Lipinski definition) is 2. The average molecular weight is 333 g/mol. The molecular weight excluding hydrogens is 310 g/mol. The smallest absolute Gasteiger partial charge is 0.119 e. The summed E-state index contributed by atoms with van der Waals surface area (Å²) in [6, 6.07) is 18.1. The van der Waals surface area contributed by atoms with Crippen molar-refractivity contribution in [3.63, 3.8) is 0 Å². The minimum Gasteiger partial charge on any atom is -0.497 e. The van der Waals surface area contributed by atoms with Gasteiger partial charge in [-0.05, 0) is 60.7 Å². The average Bonchev–Trinajstić information content (AvgIpc) is 3.04. The van der Waals surface area contributed by atoms with Gasteiger partial charge in [-0.3, -0.25) is 0 Å². The van der Waals surface area contributed by atoms with E-state index in [2.05, 4.69) is 29.4 Å². The van der Waals surface area contributed by atoms with Crippen molar-refractivity contribution < 1.29 is 9.84 Å². The zero-order chi connectivity index (χ0) is 17.8. The van der Waals surface area contributed by atoms with Crippen LogP contribution in [0.4, 0.5) is 0 Å². The molecule has 0 saturated heterocycles. The maximum Gasteiger partial charge on any atom is 0.119 e. The van der Waals surface area contributed by atoms with Gasteiger partial charge >= 0.3 is 0 Å². The molecule has 0 aliphatic heterocycles. The standard InChI is InChI=1S/C22H23NO2/c1-4-23-20-11-6-5-8-18(20)15-21(23)22(24)13-12-16(2)17-9-7-10-19(14-17)25-3/h5-11,13-15,22,24H,4H2,1-3H3. The normalized spacial score (nSPS) is 11.8. The lowest BCUT2D eigenvalue weighted by atomic mass is 10.1. The maximum absolute atomic E-state index is 10.7. The van der Waals surface area contributed by atoms with E-state index < -0.39 is 6.10 Å². The highest BCUT2D eigenvalue weighted by Gasteiger charge is 2.12. The Morgan fingerprint density at radius 1 is 1.20 bits per heavy atom. The summed E-state index contributed by atoms with van der Waals surface area (Å²) in [7, 11) is 1.65. The number of fused-ring (bicyclic) bond motifs is 1. The number of aliphatic hydroxyl groups is 1. The van der Waals surface area contributed by atoms with Gasteiger partial charge in [0.1, 0.15) is 11.9 Å². The van der Waals surface area contributed by atoms with Crippen LogP contribution in [0.25, 0.3) is 16.5 Å². The minimum atomic E-state index is -0.701. The van der Waals surface area contributed by atoms with Crippen LogP contribution in [0.5, 0.6) is 5.75 Å². The lowest BCUT2D eigenvalue weighted by Crippen LogP contribution is -2.04. The molecule has 0 aliphatic rings. The van der Waals surface area contributed by atoms with Gasteiger partial charge in [0, 0.05) is 12.1 Å². The Bertz CT molecular complexity index is 946. The first-order valence-electron chi connectivity index (χ1n) is 8.48. The molecule has 1 N–H and O–H groups in total. The molecule has 0 fully saturated rings. The first kappa shape index (κ1) is 17.1. The number of rotatable bonds is 5. The summed E-state index contributed by atoms with van der Waals surface area (Å²) in [4.78, 5) is 0. The second-order valence-corrected chi connectivity index (χ2v) is 5.99. The van der Waals surface area contributed by atoms with Gasteiger partial charge in [0.15, 0.2) is 0 Å². The van der Waals surface area contributed by atoms with E-state index in [-0.39, 0.29) is 0 Å². The van der Waals surface area contributed by atoms with Crippen molar-refractivity contribution in [1.82, 2.24) is 4.57 Å². The fourth-order valence-electron chi connectivity index (χ4n) is 3.06. The fraction of sp³-hybridized carbons (Fsp3) is 0.227. The molecule has 0 spiro atoms. The van der Waals surface area contributed by atoms with E-state index in [9.17, 15) is 5.11 Å². The molecule has 1 heterocycles. The minimum absolute atomic E-state index is 0.701. The van der Waals surface area contributed by atoms with Crippen molar-refractivity contribution in [2.45, 2.75) is 26.5 Å². The summed E-state index contributed by atoms with van der Waals surface area (Å²) in [5.41, 5.74) is 7.22. The Morgan fingerprint density at radius 3 is 2.76 bits per heavy atom. The van der Waals surface area contributed by atoms with Gasteiger partial charge in [-0.15, -0.1) is 5.73 Å². The van der Waals surface area contributed by atoms with E-state index in [0.717, 1.165) is 40.0 Å². The highest BCUT2D eigenvalue weighted by Crippen LogP contribution is 2.25. The second-order valence-electron chi connectivity index (χ2n) is 5.99. The van der Waals surface area contributed by atoms with Crippen molar-refractivity contribution >= 4 is 16.5 Å². The van der Waals surface area contributed by atoms with E-state index in [0.29, 0.717) is 0 Å². The topological polar surface area (TPSA) is 34.4 Å². The molecule has 1 unspecified atom stereocenters. The quantitative estimate of drug-likeness (QED) is 0.670. The van der Waals surface area contributed by atoms with Crippen LogP contribution in [0.3, 0.4) is 0 Å². The monoisotopic (exact) mass is 333 g/mol. The molecule has 1 aromatic heterocycles. The Hall–Kier alpha value is -2.74. The Labute approximate surface area is 148 Å². The van der Waals surface area contributed by atoms with Crippen molar-refractivity contribution in [2.75, 3.05) is 7.11 Å². The molecule has 3 rings (SSSR count). The van der Waals surface area contributed by atoms with Gasteiger partial charge < -0.3 is 14.4 Å². The zero-order valence-corrected chi connectivity index (χ0v) is 14.9. The number of methoxy groups -OCH3 is 1. The van der Waals surface area contributed by atoms with E-state index in [1.165, 1.54) is 0 Å². The van der Waals surface area contributed by atoms with Crippen molar-refractivity contribution in [2.24, 2.45) is 0 Å². The predicted molar refractivity (Wildman–Crippen MR) is 103 cm³/mol. The van der Waals surface area contributed by atoms with Crippen LogP contribution in [0, 0.1) is 0 Å². The summed E-state index contributed by atoms with van der Waals surface area (Å²) in [5, 5.41) is 11.8. The van der Waals surface area contributed by atoms with Crippen LogP contribution in [0.1, 0.15) is 31.2 Å². The first-order valence-corrected chi connectivity index (χ1v) is 8.48. The lowest BCUT2D eigenvalue weighted by molar-refractivity contribution is 0.219. The Balaban J connectivity index is 1.95. The number of ether oxygens (including phenoxy) is 1. The second kappa shape index (κ2) is 7.43. The zero-order valence-electron chi connectivity index (χ0n) is 14.9. The number of hydrogen-bond donors (Lipinski definition) is 1. The molecule has 0 saturated carbocycles. The third-order valence-corrected chi connectivity index (χ3v) is 4.42. The van der Waals surface area contributed by atoms with Crippen LogP contribution < -0.4 is 4.74 Å². The fourth-order valence-corrected chi connectivity index (χ4v) is 3.06. The molecule has 1 atom stereocenters. The van der Waals surface area contributed by atoms with Crippen LogP contribution in [-0.4, -0.2) is 16.8 Å².